The van der Waals surface area contributed by atoms with Crippen molar-refractivity contribution in [3.63, 3.8) is 0 Å². The van der Waals surface area contributed by atoms with Gasteiger partial charge in [0.15, 0.2) is 11.5 Å². The number of H-pyrrole nitrogens is 1. The molecule has 0 aliphatic carbocycles. The summed E-state index contributed by atoms with van der Waals surface area (Å²) in [6.45, 7) is 3.99. The number of aliphatic hydroxyl groups excluding tert-OH is 4. The van der Waals surface area contributed by atoms with Gasteiger partial charge in [-0.3, -0.25) is 9.78 Å². The molecule has 1 aromatic rings. The molecule has 3 rings (SSSR count). The van der Waals surface area contributed by atoms with E-state index in [4.69, 9.17) is 9.53 Å². The molecule has 0 saturated heterocycles. The number of fused-ring (bicyclic) bond motifs is 2. The smallest absolute Gasteiger partial charge is 0.356 e. The molecule has 2 aliphatic heterocycles. The van der Waals surface area contributed by atoms with Crippen LogP contribution >= 0.6 is 0 Å². The van der Waals surface area contributed by atoms with Crippen LogP contribution < -0.4 is 11.2 Å². The lowest BCUT2D eigenvalue weighted by Gasteiger charge is -2.24. The molecule has 5 N–H and O–H groups in total. The molecule has 0 saturated carbocycles. The molecule has 0 radical (unpaired) electrons. The van der Waals surface area contributed by atoms with Gasteiger partial charge in [0.2, 0.25) is 0 Å². The SMILES string of the molecule is C=[O+]c1cc2c(cc1C)nc1c(=O)[nH]c(=O)nc-1n2CC(O)C(O)C(O)CO. The second-order valence-corrected chi connectivity index (χ2v) is 6.32. The van der Waals surface area contributed by atoms with Gasteiger partial charge in [-0.15, -0.1) is 0 Å². The van der Waals surface area contributed by atoms with Crippen molar-refractivity contribution in [2.45, 2.75) is 31.8 Å². The van der Waals surface area contributed by atoms with Crippen LogP contribution in [0.5, 0.6) is 5.75 Å². The van der Waals surface area contributed by atoms with Crippen LogP contribution in [-0.4, -0.2) is 71.7 Å². The quantitative estimate of drug-likeness (QED) is 0.238. The van der Waals surface area contributed by atoms with Crippen LogP contribution in [0.25, 0.3) is 22.6 Å². The first kappa shape index (κ1) is 19.8. The van der Waals surface area contributed by atoms with Crippen molar-refractivity contribution in [1.29, 1.82) is 0 Å². The Kier molecular flexibility index (Phi) is 5.34. The number of aromatic nitrogens is 4. The fourth-order valence-electron chi connectivity index (χ4n) is 2.93. The maximum Gasteiger partial charge on any atom is 0.356 e. The number of aliphatic hydroxyl groups is 4. The van der Waals surface area contributed by atoms with Gasteiger partial charge in [-0.25, -0.2) is 14.2 Å². The van der Waals surface area contributed by atoms with E-state index >= 15 is 0 Å². The van der Waals surface area contributed by atoms with Crippen LogP contribution in [-0.2, 0) is 11.0 Å². The highest BCUT2D eigenvalue weighted by Crippen LogP contribution is 2.28. The summed E-state index contributed by atoms with van der Waals surface area (Å²) in [5, 5.41) is 38.8. The molecule has 0 amide bonds. The van der Waals surface area contributed by atoms with Gasteiger partial charge < -0.3 is 25.0 Å². The van der Waals surface area contributed by atoms with E-state index < -0.39 is 36.2 Å². The summed E-state index contributed by atoms with van der Waals surface area (Å²) in [6, 6.07) is 3.17. The summed E-state index contributed by atoms with van der Waals surface area (Å²) in [5.41, 5.74) is -0.425. The van der Waals surface area contributed by atoms with Crippen LogP contribution in [0, 0.1) is 6.92 Å². The minimum Gasteiger partial charge on any atom is -0.394 e. The van der Waals surface area contributed by atoms with Gasteiger partial charge in [-0.1, -0.05) is 0 Å². The maximum absolute atomic E-state index is 12.2. The molecule has 148 valence electrons. The van der Waals surface area contributed by atoms with Crippen LogP contribution in [0.3, 0.4) is 0 Å². The number of aryl methyl sites for hydroxylation is 1. The van der Waals surface area contributed by atoms with Gasteiger partial charge in [0, 0.05) is 0 Å². The molecular weight excluding hydrogens is 372 g/mol. The van der Waals surface area contributed by atoms with Crippen molar-refractivity contribution in [1.82, 2.24) is 19.5 Å². The summed E-state index contributed by atoms with van der Waals surface area (Å²) in [5.74, 6) is 0.268. The lowest BCUT2D eigenvalue weighted by atomic mass is 10.1. The van der Waals surface area contributed by atoms with Crippen LogP contribution in [0.2, 0.25) is 0 Å². The predicted octanol–water partition coefficient (Wildman–Crippen LogP) is -1.95. The zero-order valence-electron chi connectivity index (χ0n) is 14.9. The van der Waals surface area contributed by atoms with E-state index in [2.05, 4.69) is 16.8 Å². The molecule has 0 bridgehead atoms. The number of rotatable bonds is 6. The van der Waals surface area contributed by atoms with Crippen molar-refractivity contribution in [3.05, 3.63) is 38.5 Å². The first-order valence-electron chi connectivity index (χ1n) is 8.29. The van der Waals surface area contributed by atoms with Crippen LogP contribution in [0.1, 0.15) is 5.56 Å². The Balaban J connectivity index is 2.30. The number of carbonyl (C=O) groups excluding carboxylic acids is 1. The highest BCUT2D eigenvalue weighted by Gasteiger charge is 2.28. The molecule has 3 unspecified atom stereocenters. The van der Waals surface area contributed by atoms with E-state index in [9.17, 15) is 24.9 Å². The minimum atomic E-state index is -1.68. The summed E-state index contributed by atoms with van der Waals surface area (Å²) in [6.07, 6.45) is -4.82. The fourth-order valence-corrected chi connectivity index (χ4v) is 2.93. The third-order valence-corrected chi connectivity index (χ3v) is 4.41. The zero-order valence-corrected chi connectivity index (χ0v) is 14.9. The van der Waals surface area contributed by atoms with E-state index in [-0.39, 0.29) is 18.1 Å². The Morgan fingerprint density at radius 2 is 1.93 bits per heavy atom. The summed E-state index contributed by atoms with van der Waals surface area (Å²) in [4.78, 5) is 33.9. The largest absolute Gasteiger partial charge is 0.394 e. The number of aromatic amines is 1. The van der Waals surface area contributed by atoms with E-state index in [0.29, 0.717) is 22.3 Å². The summed E-state index contributed by atoms with van der Waals surface area (Å²) < 4.78 is 6.36. The van der Waals surface area contributed by atoms with Gasteiger partial charge in [-0.05, 0) is 13.0 Å². The van der Waals surface area contributed by atoms with Crippen LogP contribution in [0.15, 0.2) is 21.7 Å². The van der Waals surface area contributed by atoms with E-state index in [1.165, 1.54) is 4.57 Å². The first-order valence-corrected chi connectivity index (χ1v) is 8.29. The third-order valence-electron chi connectivity index (χ3n) is 4.41. The van der Waals surface area contributed by atoms with Gasteiger partial charge >= 0.3 is 11.4 Å². The summed E-state index contributed by atoms with van der Waals surface area (Å²) in [7, 11) is 0. The fraction of sp³-hybridized carbons (Fsp3) is 0.353. The Hall–Kier alpha value is -2.99. The van der Waals surface area contributed by atoms with Crippen molar-refractivity contribution < 1.29 is 24.9 Å². The average molecular weight is 391 g/mol. The van der Waals surface area contributed by atoms with Gasteiger partial charge in [0.1, 0.15) is 18.3 Å². The number of benzene rings is 1. The topological polar surface area (TPSA) is 173 Å². The molecule has 0 fully saturated rings. The predicted molar refractivity (Wildman–Crippen MR) is 97.5 cm³/mol. The lowest BCUT2D eigenvalue weighted by molar-refractivity contribution is -0.355. The van der Waals surface area contributed by atoms with E-state index in [0.717, 1.165) is 0 Å². The molecule has 0 spiro atoms. The normalized spacial score (nSPS) is 14.9. The number of nitrogens with zero attached hydrogens (tertiary/aromatic N) is 3. The highest BCUT2D eigenvalue weighted by atomic mass is 16.4. The number of nitrogens with one attached hydrogen (secondary N) is 1. The molecular formula is C17H19N4O7+. The second-order valence-electron chi connectivity index (χ2n) is 6.32. The Morgan fingerprint density at radius 3 is 2.57 bits per heavy atom. The Labute approximate surface area is 157 Å². The van der Waals surface area contributed by atoms with Crippen LogP contribution in [0.4, 0.5) is 0 Å². The molecule has 3 atom stereocenters. The molecule has 11 nitrogen and oxygen atoms in total. The molecule has 1 aromatic carbocycles. The molecule has 2 aliphatic rings. The van der Waals surface area contributed by atoms with Crippen molar-refractivity contribution in [2.24, 2.45) is 0 Å². The molecule has 28 heavy (non-hydrogen) atoms. The minimum absolute atomic E-state index is 0.121. The Bertz CT molecular complexity index is 1120. The average Bonchev–Trinajstić information content (AvgIpc) is 2.66. The third kappa shape index (κ3) is 3.43. The van der Waals surface area contributed by atoms with Crippen molar-refractivity contribution in [3.8, 4) is 17.3 Å². The van der Waals surface area contributed by atoms with Crippen molar-refractivity contribution >= 4 is 17.8 Å². The molecule has 11 heteroatoms. The zero-order chi connectivity index (χ0) is 20.6. The lowest BCUT2D eigenvalue weighted by Crippen LogP contribution is -2.42. The Morgan fingerprint density at radius 1 is 1.21 bits per heavy atom. The highest BCUT2D eigenvalue weighted by molar-refractivity contribution is 5.81. The van der Waals surface area contributed by atoms with Gasteiger partial charge in [0.05, 0.1) is 35.8 Å². The van der Waals surface area contributed by atoms with E-state index in [1.54, 1.807) is 19.1 Å². The number of hydrogen-bond donors (Lipinski definition) is 5. The summed E-state index contributed by atoms with van der Waals surface area (Å²) >= 11 is 0. The maximum atomic E-state index is 12.2. The monoisotopic (exact) mass is 391 g/mol. The first-order chi connectivity index (χ1) is 13.3. The van der Waals surface area contributed by atoms with Gasteiger partial charge in [0.25, 0.3) is 12.3 Å². The molecule has 2 heterocycles. The number of hydrogen-bond acceptors (Lipinski definition) is 8. The van der Waals surface area contributed by atoms with Gasteiger partial charge in [-0.2, -0.15) is 4.98 Å². The van der Waals surface area contributed by atoms with Crippen molar-refractivity contribution in [2.75, 3.05) is 6.61 Å². The van der Waals surface area contributed by atoms with E-state index in [1.807, 2.05) is 4.98 Å². The second kappa shape index (κ2) is 7.56. The molecule has 0 aromatic heterocycles. The standard InChI is InChI=1S/C17H18N4O7/c1-7-3-8-9(4-12(7)28-2)21(5-10(23)14(25)11(24)6-22)15-13(18-8)16(26)20-17(27)19-15/h3-4,10-11,14,22-25H,2,5-6H2,1H3/p+1.